The Bertz CT molecular complexity index is 617. The highest BCUT2D eigenvalue weighted by atomic mass is 16.5. The molecule has 3 rings (SSSR count). The van der Waals surface area contributed by atoms with Crippen LogP contribution >= 0.6 is 0 Å². The molecule has 1 aliphatic heterocycles. The van der Waals surface area contributed by atoms with Crippen molar-refractivity contribution in [2.75, 3.05) is 39.4 Å². The van der Waals surface area contributed by atoms with Gasteiger partial charge in [0.05, 0.1) is 24.6 Å². The summed E-state index contributed by atoms with van der Waals surface area (Å²) >= 11 is 0. The topological polar surface area (TPSA) is 42.3 Å². The summed E-state index contributed by atoms with van der Waals surface area (Å²) in [6.07, 6.45) is 0. The van der Waals surface area contributed by atoms with Gasteiger partial charge in [0.2, 0.25) is 0 Å². The Morgan fingerprint density at radius 2 is 1.87 bits per heavy atom. The van der Waals surface area contributed by atoms with Crippen molar-refractivity contribution < 1.29 is 4.74 Å². The second kappa shape index (κ2) is 7.73. The first-order valence-electron chi connectivity index (χ1n) is 8.37. The number of aryl methyl sites for hydroxylation is 1. The molecular formula is C18H26N4O. The Labute approximate surface area is 138 Å². The lowest BCUT2D eigenvalue weighted by atomic mass is 10.2. The van der Waals surface area contributed by atoms with E-state index in [4.69, 9.17) is 9.84 Å². The second-order valence-electron chi connectivity index (χ2n) is 6.03. The van der Waals surface area contributed by atoms with Crippen LogP contribution in [0.25, 0.3) is 5.69 Å². The van der Waals surface area contributed by atoms with Gasteiger partial charge in [0.15, 0.2) is 0 Å². The number of ether oxygens (including phenoxy) is 1. The summed E-state index contributed by atoms with van der Waals surface area (Å²) in [5.41, 5.74) is 4.74. The molecule has 0 radical (unpaired) electrons. The fourth-order valence-electron chi connectivity index (χ4n) is 3.03. The van der Waals surface area contributed by atoms with Crippen molar-refractivity contribution in [3.8, 4) is 5.69 Å². The molecule has 0 atom stereocenters. The van der Waals surface area contributed by atoms with Crippen molar-refractivity contribution in [3.05, 3.63) is 47.3 Å². The zero-order valence-corrected chi connectivity index (χ0v) is 14.1. The van der Waals surface area contributed by atoms with Gasteiger partial charge < -0.3 is 10.1 Å². The standard InChI is InChI=1S/C18H26N4O/c1-15-18(14-19-8-9-21-10-12-23-13-11-21)16(2)22(20-15)17-6-4-3-5-7-17/h3-7,19H,8-14H2,1-2H3. The normalized spacial score (nSPS) is 15.9. The maximum Gasteiger partial charge on any atom is 0.0648 e. The summed E-state index contributed by atoms with van der Waals surface area (Å²) in [4.78, 5) is 2.45. The SMILES string of the molecule is Cc1nn(-c2ccccc2)c(C)c1CNCCN1CCOCC1. The maximum atomic E-state index is 5.38. The van der Waals surface area contributed by atoms with Gasteiger partial charge in [-0.1, -0.05) is 18.2 Å². The molecule has 1 N–H and O–H groups in total. The number of para-hydroxylation sites is 1. The highest BCUT2D eigenvalue weighted by Crippen LogP contribution is 2.17. The van der Waals surface area contributed by atoms with Crippen LogP contribution in [0.1, 0.15) is 17.0 Å². The number of hydrogen-bond acceptors (Lipinski definition) is 4. The van der Waals surface area contributed by atoms with Crippen molar-refractivity contribution in [1.82, 2.24) is 20.0 Å². The highest BCUT2D eigenvalue weighted by Gasteiger charge is 2.13. The van der Waals surface area contributed by atoms with Crippen LogP contribution in [-0.2, 0) is 11.3 Å². The van der Waals surface area contributed by atoms with Crippen LogP contribution in [0.5, 0.6) is 0 Å². The van der Waals surface area contributed by atoms with E-state index in [2.05, 4.69) is 36.2 Å². The molecule has 0 aliphatic carbocycles. The van der Waals surface area contributed by atoms with Crippen LogP contribution in [0.4, 0.5) is 0 Å². The van der Waals surface area contributed by atoms with Crippen molar-refractivity contribution in [2.45, 2.75) is 20.4 Å². The summed E-state index contributed by atoms with van der Waals surface area (Å²) < 4.78 is 7.41. The molecule has 2 aromatic rings. The number of benzene rings is 1. The van der Waals surface area contributed by atoms with E-state index in [0.717, 1.165) is 57.3 Å². The molecule has 2 heterocycles. The number of aromatic nitrogens is 2. The number of hydrogen-bond donors (Lipinski definition) is 1. The van der Waals surface area contributed by atoms with E-state index in [-0.39, 0.29) is 0 Å². The van der Waals surface area contributed by atoms with Gasteiger partial charge in [-0.3, -0.25) is 4.90 Å². The Kier molecular flexibility index (Phi) is 5.43. The minimum absolute atomic E-state index is 0.863. The third-order valence-electron chi connectivity index (χ3n) is 4.45. The maximum absolute atomic E-state index is 5.38. The van der Waals surface area contributed by atoms with Gasteiger partial charge in [-0.15, -0.1) is 0 Å². The number of nitrogens with zero attached hydrogens (tertiary/aromatic N) is 3. The Hall–Kier alpha value is -1.69. The van der Waals surface area contributed by atoms with Crippen LogP contribution in [0.3, 0.4) is 0 Å². The second-order valence-corrected chi connectivity index (χ2v) is 6.03. The van der Waals surface area contributed by atoms with Crippen molar-refractivity contribution >= 4 is 0 Å². The molecule has 1 aliphatic rings. The molecule has 0 unspecified atom stereocenters. The van der Waals surface area contributed by atoms with Crippen LogP contribution < -0.4 is 5.32 Å². The van der Waals surface area contributed by atoms with Crippen molar-refractivity contribution in [1.29, 1.82) is 0 Å². The third kappa shape index (κ3) is 3.99. The average Bonchev–Trinajstić information content (AvgIpc) is 2.88. The predicted octanol–water partition coefficient (Wildman–Crippen LogP) is 1.91. The largest absolute Gasteiger partial charge is 0.379 e. The average molecular weight is 314 g/mol. The molecule has 5 heteroatoms. The Morgan fingerprint density at radius 1 is 1.13 bits per heavy atom. The van der Waals surface area contributed by atoms with Gasteiger partial charge >= 0.3 is 0 Å². The fraction of sp³-hybridized carbons (Fsp3) is 0.500. The van der Waals surface area contributed by atoms with E-state index < -0.39 is 0 Å². The minimum Gasteiger partial charge on any atom is -0.379 e. The smallest absolute Gasteiger partial charge is 0.0648 e. The van der Waals surface area contributed by atoms with E-state index in [1.165, 1.54) is 11.3 Å². The molecule has 0 bridgehead atoms. The molecule has 0 amide bonds. The first kappa shape index (κ1) is 16.2. The van der Waals surface area contributed by atoms with E-state index in [0.29, 0.717) is 0 Å². The number of morpholine rings is 1. The molecule has 5 nitrogen and oxygen atoms in total. The molecule has 1 aromatic carbocycles. The van der Waals surface area contributed by atoms with E-state index >= 15 is 0 Å². The molecule has 124 valence electrons. The third-order valence-corrected chi connectivity index (χ3v) is 4.45. The van der Waals surface area contributed by atoms with Gasteiger partial charge in [0.1, 0.15) is 0 Å². The zero-order valence-electron chi connectivity index (χ0n) is 14.1. The number of nitrogens with one attached hydrogen (secondary N) is 1. The lowest BCUT2D eigenvalue weighted by Gasteiger charge is -2.26. The van der Waals surface area contributed by atoms with Crippen molar-refractivity contribution in [3.63, 3.8) is 0 Å². The molecule has 1 aromatic heterocycles. The quantitative estimate of drug-likeness (QED) is 0.827. The Morgan fingerprint density at radius 3 is 2.61 bits per heavy atom. The van der Waals surface area contributed by atoms with Gasteiger partial charge in [0.25, 0.3) is 0 Å². The minimum atomic E-state index is 0.863. The molecule has 23 heavy (non-hydrogen) atoms. The van der Waals surface area contributed by atoms with Gasteiger partial charge in [-0.2, -0.15) is 5.10 Å². The summed E-state index contributed by atoms with van der Waals surface area (Å²) in [6, 6.07) is 10.3. The molecule has 0 spiro atoms. The molecule has 1 fully saturated rings. The van der Waals surface area contributed by atoms with Gasteiger partial charge in [-0.25, -0.2) is 4.68 Å². The lowest BCUT2D eigenvalue weighted by molar-refractivity contribution is 0.0384. The van der Waals surface area contributed by atoms with Crippen LogP contribution in [-0.4, -0.2) is 54.1 Å². The summed E-state index contributed by atoms with van der Waals surface area (Å²) in [5, 5.41) is 8.26. The zero-order chi connectivity index (χ0) is 16.1. The first-order chi connectivity index (χ1) is 11.3. The first-order valence-corrected chi connectivity index (χ1v) is 8.37. The predicted molar refractivity (Wildman–Crippen MR) is 92.0 cm³/mol. The van der Waals surface area contributed by atoms with Crippen molar-refractivity contribution in [2.24, 2.45) is 0 Å². The molecule has 0 saturated carbocycles. The fourth-order valence-corrected chi connectivity index (χ4v) is 3.03. The van der Waals surface area contributed by atoms with Gasteiger partial charge in [-0.05, 0) is 26.0 Å². The monoisotopic (exact) mass is 314 g/mol. The van der Waals surface area contributed by atoms with Crippen LogP contribution in [0.15, 0.2) is 30.3 Å². The Balaban J connectivity index is 1.57. The van der Waals surface area contributed by atoms with E-state index in [1.54, 1.807) is 0 Å². The van der Waals surface area contributed by atoms with E-state index in [9.17, 15) is 0 Å². The summed E-state index contributed by atoms with van der Waals surface area (Å²) in [5.74, 6) is 0. The van der Waals surface area contributed by atoms with E-state index in [1.807, 2.05) is 22.9 Å². The summed E-state index contributed by atoms with van der Waals surface area (Å²) in [6.45, 7) is 11.0. The molecule has 1 saturated heterocycles. The highest BCUT2D eigenvalue weighted by molar-refractivity contribution is 5.36. The summed E-state index contributed by atoms with van der Waals surface area (Å²) in [7, 11) is 0. The number of rotatable bonds is 6. The van der Waals surface area contributed by atoms with Crippen LogP contribution in [0, 0.1) is 13.8 Å². The molecular weight excluding hydrogens is 288 g/mol. The lowest BCUT2D eigenvalue weighted by Crippen LogP contribution is -2.40. The van der Waals surface area contributed by atoms with Crippen LogP contribution in [0.2, 0.25) is 0 Å². The van der Waals surface area contributed by atoms with Gasteiger partial charge in [0, 0.05) is 44.0 Å².